The second-order valence-corrected chi connectivity index (χ2v) is 8.97. The van der Waals surface area contributed by atoms with Crippen molar-refractivity contribution in [3.63, 3.8) is 0 Å². The molecule has 5 N–H and O–H groups in total. The largest absolute Gasteiger partial charge is 0.396 e. The minimum absolute atomic E-state index is 0.0140. The molecule has 9 nitrogen and oxygen atoms in total. The van der Waals surface area contributed by atoms with Crippen LogP contribution in [0.5, 0.6) is 0 Å². The van der Waals surface area contributed by atoms with E-state index in [9.17, 15) is 14.4 Å². The van der Waals surface area contributed by atoms with Crippen molar-refractivity contribution in [2.45, 2.75) is 58.0 Å². The molecule has 2 aromatic heterocycles. The van der Waals surface area contributed by atoms with Gasteiger partial charge in [0.05, 0.1) is 11.1 Å². The van der Waals surface area contributed by atoms with E-state index in [1.165, 1.54) is 6.92 Å². The lowest BCUT2D eigenvalue weighted by molar-refractivity contribution is -0.129. The Labute approximate surface area is 178 Å². The Kier molecular flexibility index (Phi) is 4.90. The van der Waals surface area contributed by atoms with Crippen molar-refractivity contribution in [3.05, 3.63) is 27.3 Å². The minimum Gasteiger partial charge on any atom is -0.396 e. The van der Waals surface area contributed by atoms with Crippen molar-refractivity contribution < 1.29 is 14.0 Å². The van der Waals surface area contributed by atoms with E-state index >= 15 is 4.39 Å². The number of nitrogens with one attached hydrogen (secondary N) is 1. The molecular weight excluding hydrogens is 403 g/mol. The predicted octanol–water partition coefficient (Wildman–Crippen LogP) is 1.32. The number of pyridine rings is 2. The minimum atomic E-state index is -0.854. The summed E-state index contributed by atoms with van der Waals surface area (Å²) in [6.45, 7) is 6.59. The number of fused-ring (bicyclic) bond motifs is 3. The molecule has 0 aromatic carbocycles. The Morgan fingerprint density at radius 2 is 1.90 bits per heavy atom. The molecule has 1 fully saturated rings. The fourth-order valence-corrected chi connectivity index (χ4v) is 4.76. The molecule has 2 amide bonds. The highest BCUT2D eigenvalue weighted by Crippen LogP contribution is 2.37. The van der Waals surface area contributed by atoms with Crippen LogP contribution in [-0.4, -0.2) is 45.4 Å². The molecule has 166 valence electrons. The Morgan fingerprint density at radius 1 is 1.26 bits per heavy atom. The van der Waals surface area contributed by atoms with Gasteiger partial charge in [0.25, 0.3) is 5.91 Å². The van der Waals surface area contributed by atoms with Gasteiger partial charge in [-0.25, -0.2) is 9.37 Å². The van der Waals surface area contributed by atoms with E-state index in [2.05, 4.69) is 10.3 Å². The number of nitrogens with two attached hydrogens (primary N) is 2. The van der Waals surface area contributed by atoms with E-state index in [-0.39, 0.29) is 40.1 Å². The van der Waals surface area contributed by atoms with Crippen molar-refractivity contribution in [1.82, 2.24) is 14.5 Å². The quantitative estimate of drug-likeness (QED) is 0.672. The number of amides is 2. The van der Waals surface area contributed by atoms with E-state index < -0.39 is 22.7 Å². The first-order valence-electron chi connectivity index (χ1n) is 10.4. The molecule has 0 spiro atoms. The fourth-order valence-electron chi connectivity index (χ4n) is 4.76. The summed E-state index contributed by atoms with van der Waals surface area (Å²) in [5.74, 6) is -1.70. The topological polar surface area (TPSA) is 136 Å². The SMILES string of the molecule is CC(=O)N1CCC(Nc2nc3c(c(N)c2F)c(=O)c(C(N)=O)c2n3C(C)(C)CC2)CC1. The number of nitrogen functional groups attached to an aromatic ring is 1. The van der Waals surface area contributed by atoms with Gasteiger partial charge in [-0.2, -0.15) is 0 Å². The van der Waals surface area contributed by atoms with E-state index in [1.807, 2.05) is 13.8 Å². The maximum atomic E-state index is 15.2. The second-order valence-electron chi connectivity index (χ2n) is 8.97. The van der Waals surface area contributed by atoms with Gasteiger partial charge >= 0.3 is 0 Å². The number of carbonyl (C=O) groups is 2. The van der Waals surface area contributed by atoms with Crippen LogP contribution in [0.25, 0.3) is 11.0 Å². The zero-order valence-electron chi connectivity index (χ0n) is 17.9. The average molecular weight is 430 g/mol. The molecule has 1 saturated heterocycles. The number of carbonyl (C=O) groups excluding carboxylic acids is 2. The molecule has 4 rings (SSSR count). The molecule has 0 bridgehead atoms. The first kappa shape index (κ1) is 21.1. The lowest BCUT2D eigenvalue weighted by atomic mass is 10.0. The second kappa shape index (κ2) is 7.21. The molecule has 0 aliphatic carbocycles. The van der Waals surface area contributed by atoms with Crippen LogP contribution < -0.4 is 22.2 Å². The summed E-state index contributed by atoms with van der Waals surface area (Å²) in [5, 5.41) is 2.98. The fraction of sp³-hybridized carbons (Fsp3) is 0.524. The van der Waals surface area contributed by atoms with Gasteiger partial charge in [0, 0.05) is 37.3 Å². The summed E-state index contributed by atoms with van der Waals surface area (Å²) >= 11 is 0. The van der Waals surface area contributed by atoms with Gasteiger partial charge in [0.2, 0.25) is 11.3 Å². The number of halogens is 1. The van der Waals surface area contributed by atoms with Gasteiger partial charge in [-0.3, -0.25) is 14.4 Å². The van der Waals surface area contributed by atoms with Crippen molar-refractivity contribution in [2.75, 3.05) is 24.1 Å². The van der Waals surface area contributed by atoms with Crippen molar-refractivity contribution >= 4 is 34.4 Å². The van der Waals surface area contributed by atoms with Crippen LogP contribution in [0.3, 0.4) is 0 Å². The number of primary amides is 1. The number of rotatable bonds is 3. The number of piperidine rings is 1. The van der Waals surface area contributed by atoms with Gasteiger partial charge in [-0.15, -0.1) is 0 Å². The van der Waals surface area contributed by atoms with Crippen LogP contribution >= 0.6 is 0 Å². The monoisotopic (exact) mass is 430 g/mol. The molecule has 0 saturated carbocycles. The van der Waals surface area contributed by atoms with Gasteiger partial charge < -0.3 is 26.3 Å². The van der Waals surface area contributed by atoms with Gasteiger partial charge in [0.15, 0.2) is 11.6 Å². The first-order chi connectivity index (χ1) is 14.5. The Balaban J connectivity index is 1.85. The predicted molar refractivity (Wildman–Crippen MR) is 115 cm³/mol. The maximum absolute atomic E-state index is 15.2. The Bertz CT molecular complexity index is 1160. The van der Waals surface area contributed by atoms with Crippen LogP contribution in [0.4, 0.5) is 15.9 Å². The Hall–Kier alpha value is -3.17. The van der Waals surface area contributed by atoms with Crippen LogP contribution in [-0.2, 0) is 16.8 Å². The zero-order valence-corrected chi connectivity index (χ0v) is 17.9. The van der Waals surface area contributed by atoms with Gasteiger partial charge in [0.1, 0.15) is 11.2 Å². The van der Waals surface area contributed by atoms with E-state index in [1.54, 1.807) is 9.47 Å². The summed E-state index contributed by atoms with van der Waals surface area (Å²) in [6.07, 6.45) is 2.45. The van der Waals surface area contributed by atoms with Crippen molar-refractivity contribution in [1.29, 1.82) is 0 Å². The van der Waals surface area contributed by atoms with E-state index in [4.69, 9.17) is 11.5 Å². The molecule has 4 heterocycles. The first-order valence-corrected chi connectivity index (χ1v) is 10.4. The maximum Gasteiger partial charge on any atom is 0.254 e. The van der Waals surface area contributed by atoms with Crippen LogP contribution in [0.2, 0.25) is 0 Å². The number of hydrogen-bond donors (Lipinski definition) is 3. The summed E-state index contributed by atoms with van der Waals surface area (Å²) in [6, 6.07) is -0.0860. The van der Waals surface area contributed by atoms with Gasteiger partial charge in [-0.05, 0) is 39.5 Å². The molecule has 0 atom stereocenters. The third-order valence-corrected chi connectivity index (χ3v) is 6.49. The van der Waals surface area contributed by atoms with Crippen LogP contribution in [0.1, 0.15) is 56.1 Å². The molecule has 2 aliphatic rings. The van der Waals surface area contributed by atoms with Crippen molar-refractivity contribution in [2.24, 2.45) is 5.73 Å². The smallest absolute Gasteiger partial charge is 0.254 e. The van der Waals surface area contributed by atoms with E-state index in [0.717, 1.165) is 0 Å². The number of anilines is 2. The van der Waals surface area contributed by atoms with E-state index in [0.29, 0.717) is 44.5 Å². The number of likely N-dealkylation sites (tertiary alicyclic amines) is 1. The molecule has 10 heteroatoms. The molecule has 2 aliphatic heterocycles. The third-order valence-electron chi connectivity index (χ3n) is 6.49. The lowest BCUT2D eigenvalue weighted by Gasteiger charge is -2.32. The summed E-state index contributed by atoms with van der Waals surface area (Å²) < 4.78 is 17.0. The highest BCUT2D eigenvalue weighted by atomic mass is 19.1. The average Bonchev–Trinajstić information content (AvgIpc) is 3.00. The van der Waals surface area contributed by atoms with Crippen molar-refractivity contribution in [3.8, 4) is 0 Å². The normalized spacial score (nSPS) is 18.3. The molecule has 2 aromatic rings. The third kappa shape index (κ3) is 3.30. The van der Waals surface area contributed by atoms with Gasteiger partial charge in [-0.1, -0.05) is 0 Å². The number of aromatic nitrogens is 2. The van der Waals surface area contributed by atoms with Crippen LogP contribution in [0, 0.1) is 5.82 Å². The molecular formula is C21H27FN6O3. The highest BCUT2D eigenvalue weighted by molar-refractivity contribution is 6.00. The zero-order chi connectivity index (χ0) is 22.7. The Morgan fingerprint density at radius 3 is 2.48 bits per heavy atom. The number of nitrogens with zero attached hydrogens (tertiary/aromatic N) is 3. The lowest BCUT2D eigenvalue weighted by Crippen LogP contribution is -2.41. The standard InChI is InChI=1S/C21H27FN6O3/c1-10(29)27-8-5-11(6-9-27)25-19-15(22)16(23)14-17(30)13(18(24)31)12-4-7-21(2,3)28(12)20(14)26-19/h11H,4-9H2,1-3H3,(H2,24,31)(H3,23,25,26). The summed E-state index contributed by atoms with van der Waals surface area (Å²) in [7, 11) is 0. The summed E-state index contributed by atoms with van der Waals surface area (Å²) in [5.41, 5.74) is 10.7. The highest BCUT2D eigenvalue weighted by Gasteiger charge is 2.36. The van der Waals surface area contributed by atoms with Crippen LogP contribution in [0.15, 0.2) is 4.79 Å². The molecule has 0 unspecified atom stereocenters. The number of hydrogen-bond acceptors (Lipinski definition) is 6. The molecule has 0 radical (unpaired) electrons. The molecule has 31 heavy (non-hydrogen) atoms. The summed E-state index contributed by atoms with van der Waals surface area (Å²) in [4.78, 5) is 42.9.